The molecule has 3 saturated heterocycles. The zero-order valence-corrected chi connectivity index (χ0v) is 30.8. The molecule has 14 heteroatoms. The largest absolute Gasteiger partial charge is 0.465 e. The Kier molecular flexibility index (Phi) is 13.8. The summed E-state index contributed by atoms with van der Waals surface area (Å²) in [5.41, 5.74) is -0.139. The SMILES string of the molecule is CO[C@@]12CC[C@H](CCOC(=O)C(C)(C)C)O[C@@H]1[C@@H](OC(C)=O)[C@@H]1O[C@H](C[C@H](COC(C)=O)OC(C)=O)[C@H](O[Si](C(C)C)C(C)C)[C@@H]1O2. The third kappa shape index (κ3) is 10.2. The molecule has 0 N–H and O–H groups in total. The van der Waals surface area contributed by atoms with Gasteiger partial charge in [0.15, 0.2) is 18.0 Å². The van der Waals surface area contributed by atoms with Crippen molar-refractivity contribution in [3.05, 3.63) is 0 Å². The summed E-state index contributed by atoms with van der Waals surface area (Å²) in [7, 11) is 0.0989. The van der Waals surface area contributed by atoms with Crippen LogP contribution in [0.5, 0.6) is 0 Å². The number of carbonyl (C=O) groups excluding carboxylic acids is 4. The Morgan fingerprint density at radius 3 is 2.09 bits per heavy atom. The first-order chi connectivity index (χ1) is 21.9. The fourth-order valence-corrected chi connectivity index (χ4v) is 8.95. The molecule has 13 nitrogen and oxygen atoms in total. The van der Waals surface area contributed by atoms with E-state index in [9.17, 15) is 19.2 Å². The Labute approximate surface area is 280 Å². The van der Waals surface area contributed by atoms with Gasteiger partial charge in [-0.05, 0) is 38.3 Å². The molecule has 47 heavy (non-hydrogen) atoms. The second-order valence-electron chi connectivity index (χ2n) is 14.3. The van der Waals surface area contributed by atoms with E-state index in [2.05, 4.69) is 27.7 Å². The molecule has 9 atom stereocenters. The molecule has 1 radical (unpaired) electrons. The summed E-state index contributed by atoms with van der Waals surface area (Å²) < 4.78 is 55.1. The van der Waals surface area contributed by atoms with Crippen LogP contribution in [0.1, 0.15) is 94.9 Å². The quantitative estimate of drug-likeness (QED) is 0.147. The van der Waals surface area contributed by atoms with Gasteiger partial charge in [0.1, 0.15) is 31.0 Å². The fourth-order valence-electron chi connectivity index (χ4n) is 6.48. The Morgan fingerprint density at radius 1 is 0.894 bits per heavy atom. The van der Waals surface area contributed by atoms with E-state index in [1.54, 1.807) is 20.8 Å². The molecule has 3 aliphatic rings. The number of esters is 4. The molecule has 0 unspecified atom stereocenters. The maximum absolute atomic E-state index is 12.6. The van der Waals surface area contributed by atoms with Crippen LogP contribution in [0, 0.1) is 5.41 Å². The number of hydrogen-bond acceptors (Lipinski definition) is 13. The lowest BCUT2D eigenvalue weighted by Crippen LogP contribution is -2.69. The highest BCUT2D eigenvalue weighted by Crippen LogP contribution is 2.48. The van der Waals surface area contributed by atoms with Crippen molar-refractivity contribution < 1.29 is 61.5 Å². The monoisotopic (exact) mass is 687 g/mol. The van der Waals surface area contributed by atoms with Gasteiger partial charge < -0.3 is 42.3 Å². The zero-order chi connectivity index (χ0) is 35.3. The Morgan fingerprint density at radius 2 is 1.55 bits per heavy atom. The predicted molar refractivity (Wildman–Crippen MR) is 169 cm³/mol. The van der Waals surface area contributed by atoms with Crippen molar-refractivity contribution >= 4 is 32.9 Å². The Bertz CT molecular complexity index is 1080. The number of fused-ring (bicyclic) bond motifs is 2. The molecule has 0 bridgehead atoms. The highest BCUT2D eigenvalue weighted by atomic mass is 28.3. The number of carbonyl (C=O) groups is 4. The van der Waals surface area contributed by atoms with Crippen LogP contribution >= 0.6 is 0 Å². The standard InChI is InChI=1S/C33H55O13Si/c1-18(2)47(19(3)4)46-26-25(16-24(41-21(6)35)17-40-20(5)34)44-27-28(26)45-33(38-11)14-12-23(13-15-39-31(37)32(8,9)10)43-30(33)29(27)42-22(7)36/h18-19,23-30H,12-17H2,1-11H3/t23-,24-,25-,26+,27-,28+,29+,30-,33-/m1/s1. The Balaban J connectivity index is 1.95. The van der Waals surface area contributed by atoms with Crippen molar-refractivity contribution in [1.29, 1.82) is 0 Å². The van der Waals surface area contributed by atoms with Crippen molar-refractivity contribution in [2.75, 3.05) is 20.3 Å². The predicted octanol–water partition coefficient (Wildman–Crippen LogP) is 4.04. The van der Waals surface area contributed by atoms with Gasteiger partial charge in [-0.15, -0.1) is 0 Å². The van der Waals surface area contributed by atoms with Crippen molar-refractivity contribution in [1.82, 2.24) is 0 Å². The molecule has 0 aromatic rings. The van der Waals surface area contributed by atoms with E-state index < -0.39 is 80.9 Å². The van der Waals surface area contributed by atoms with Gasteiger partial charge in [0.05, 0.1) is 24.2 Å². The van der Waals surface area contributed by atoms with Crippen LogP contribution in [-0.2, 0) is 61.5 Å². The molecule has 3 rings (SSSR count). The van der Waals surface area contributed by atoms with Crippen LogP contribution in [-0.4, -0.2) is 108 Å². The van der Waals surface area contributed by atoms with E-state index in [1.165, 1.54) is 27.9 Å². The van der Waals surface area contributed by atoms with Gasteiger partial charge in [-0.25, -0.2) is 0 Å². The van der Waals surface area contributed by atoms with Gasteiger partial charge in [0.25, 0.3) is 0 Å². The van der Waals surface area contributed by atoms with Gasteiger partial charge in [-0.3, -0.25) is 19.2 Å². The molecule has 269 valence electrons. The first kappa shape index (κ1) is 39.3. The lowest BCUT2D eigenvalue weighted by Gasteiger charge is -2.53. The lowest BCUT2D eigenvalue weighted by atomic mass is 9.85. The smallest absolute Gasteiger partial charge is 0.311 e. The molecule has 0 aromatic heterocycles. The van der Waals surface area contributed by atoms with Crippen LogP contribution in [0.2, 0.25) is 11.1 Å². The van der Waals surface area contributed by atoms with Gasteiger partial charge in [-0.1, -0.05) is 27.7 Å². The minimum atomic E-state index is -1.43. The lowest BCUT2D eigenvalue weighted by molar-refractivity contribution is -0.382. The zero-order valence-electron chi connectivity index (χ0n) is 29.8. The van der Waals surface area contributed by atoms with E-state index in [0.717, 1.165) is 0 Å². The molecule has 0 saturated carbocycles. The number of methoxy groups -OCH3 is 1. The van der Waals surface area contributed by atoms with Gasteiger partial charge in [0.2, 0.25) is 9.04 Å². The Hall–Kier alpha value is -2.10. The third-order valence-electron chi connectivity index (χ3n) is 8.53. The molecule has 0 aromatic carbocycles. The average molecular weight is 688 g/mol. The molecule has 3 heterocycles. The van der Waals surface area contributed by atoms with E-state index in [1.807, 2.05) is 0 Å². The van der Waals surface area contributed by atoms with Crippen molar-refractivity contribution in [2.24, 2.45) is 5.41 Å². The second-order valence-corrected chi connectivity index (χ2v) is 17.6. The summed E-state index contributed by atoms with van der Waals surface area (Å²) in [6.07, 6.45) is -4.27. The number of hydrogen-bond donors (Lipinski definition) is 0. The molecule has 0 aliphatic carbocycles. The van der Waals surface area contributed by atoms with E-state index >= 15 is 0 Å². The van der Waals surface area contributed by atoms with Crippen LogP contribution in [0.15, 0.2) is 0 Å². The van der Waals surface area contributed by atoms with Crippen molar-refractivity contribution in [3.63, 3.8) is 0 Å². The molecular formula is C33H55O13Si. The minimum absolute atomic E-state index is 0.138. The number of ether oxygens (including phenoxy) is 8. The van der Waals surface area contributed by atoms with Gasteiger partial charge in [-0.2, -0.15) is 0 Å². The van der Waals surface area contributed by atoms with Crippen LogP contribution < -0.4 is 0 Å². The summed E-state index contributed by atoms with van der Waals surface area (Å²) in [4.78, 5) is 48.5. The average Bonchev–Trinajstić information content (AvgIpc) is 3.28. The molecule has 3 fully saturated rings. The van der Waals surface area contributed by atoms with Crippen LogP contribution in [0.25, 0.3) is 0 Å². The summed E-state index contributed by atoms with van der Waals surface area (Å²) >= 11 is 0. The topological polar surface area (TPSA) is 151 Å². The van der Waals surface area contributed by atoms with Crippen LogP contribution in [0.4, 0.5) is 0 Å². The second kappa shape index (κ2) is 16.5. The summed E-state index contributed by atoms with van der Waals surface area (Å²) in [5, 5.41) is 0. The van der Waals surface area contributed by atoms with Crippen molar-refractivity contribution in [2.45, 2.75) is 161 Å². The summed E-state index contributed by atoms with van der Waals surface area (Å²) in [6.45, 7) is 17.7. The molecule has 0 spiro atoms. The van der Waals surface area contributed by atoms with E-state index in [-0.39, 0.29) is 42.8 Å². The maximum Gasteiger partial charge on any atom is 0.311 e. The van der Waals surface area contributed by atoms with Crippen LogP contribution in [0.3, 0.4) is 0 Å². The number of rotatable bonds is 14. The summed E-state index contributed by atoms with van der Waals surface area (Å²) in [5.74, 6) is -3.16. The first-order valence-electron chi connectivity index (χ1n) is 16.6. The first-order valence-corrected chi connectivity index (χ1v) is 18.2. The van der Waals surface area contributed by atoms with E-state index in [4.69, 9.17) is 42.3 Å². The van der Waals surface area contributed by atoms with Gasteiger partial charge in [0, 0.05) is 47.1 Å². The fraction of sp³-hybridized carbons (Fsp3) is 0.879. The molecule has 0 amide bonds. The highest BCUT2D eigenvalue weighted by Gasteiger charge is 2.66. The van der Waals surface area contributed by atoms with E-state index in [0.29, 0.717) is 19.3 Å². The summed E-state index contributed by atoms with van der Waals surface area (Å²) in [6, 6.07) is 0. The van der Waals surface area contributed by atoms with Gasteiger partial charge >= 0.3 is 23.9 Å². The molecule has 3 aliphatic heterocycles. The minimum Gasteiger partial charge on any atom is -0.465 e. The molecular weight excluding hydrogens is 632 g/mol. The normalized spacial score (nSPS) is 31.2. The van der Waals surface area contributed by atoms with Crippen molar-refractivity contribution in [3.8, 4) is 0 Å². The highest BCUT2D eigenvalue weighted by molar-refractivity contribution is 6.55. The maximum atomic E-state index is 12.6. The third-order valence-corrected chi connectivity index (χ3v) is 11.4.